The van der Waals surface area contributed by atoms with Gasteiger partial charge in [0, 0.05) is 0 Å². The highest BCUT2D eigenvalue weighted by atomic mass is 16.2. The van der Waals surface area contributed by atoms with Gasteiger partial charge < -0.3 is 5.32 Å². The van der Waals surface area contributed by atoms with Crippen LogP contribution < -0.4 is 10.6 Å². The van der Waals surface area contributed by atoms with Gasteiger partial charge in [0.15, 0.2) is 0 Å². The van der Waals surface area contributed by atoms with Crippen molar-refractivity contribution < 1.29 is 9.59 Å². The first-order valence-electron chi connectivity index (χ1n) is 4.08. The van der Waals surface area contributed by atoms with Crippen LogP contribution >= 0.6 is 0 Å². The Bertz CT molecular complexity index is 223. The second kappa shape index (κ2) is 2.77. The van der Waals surface area contributed by atoms with Gasteiger partial charge >= 0.3 is 6.03 Å². The molecule has 0 radical (unpaired) electrons. The van der Waals surface area contributed by atoms with Crippen LogP contribution in [0.2, 0.25) is 0 Å². The lowest BCUT2D eigenvalue weighted by atomic mass is 9.82. The maximum Gasteiger partial charge on any atom is 0.322 e. The molecule has 0 aromatic rings. The molecule has 0 aromatic carbocycles. The Morgan fingerprint density at radius 1 is 1.42 bits per heavy atom. The molecule has 1 atom stereocenters. The molecule has 1 aliphatic rings. The van der Waals surface area contributed by atoms with Gasteiger partial charge in [-0.1, -0.05) is 20.8 Å². The first kappa shape index (κ1) is 9.03. The summed E-state index contributed by atoms with van der Waals surface area (Å²) >= 11 is 0. The first-order chi connectivity index (χ1) is 5.47. The lowest BCUT2D eigenvalue weighted by Crippen LogP contribution is -2.42. The Balaban J connectivity index is 2.76. The molecule has 0 bridgehead atoms. The third-order valence-electron chi connectivity index (χ3n) is 2.47. The number of imide groups is 1. The van der Waals surface area contributed by atoms with E-state index in [2.05, 4.69) is 10.6 Å². The largest absolute Gasteiger partial charge is 0.325 e. The molecule has 4 heteroatoms. The molecule has 1 rings (SSSR count). The van der Waals surface area contributed by atoms with E-state index in [9.17, 15) is 9.59 Å². The fourth-order valence-electron chi connectivity index (χ4n) is 1.17. The number of hydrogen-bond acceptors (Lipinski definition) is 2. The number of nitrogens with one attached hydrogen (secondary N) is 2. The lowest BCUT2D eigenvalue weighted by molar-refractivity contribution is -0.122. The van der Waals surface area contributed by atoms with Gasteiger partial charge in [0.1, 0.15) is 6.04 Å². The van der Waals surface area contributed by atoms with Crippen molar-refractivity contribution in [2.24, 2.45) is 5.41 Å². The fraction of sp³-hybridized carbons (Fsp3) is 0.750. The van der Waals surface area contributed by atoms with Crippen molar-refractivity contribution in [3.05, 3.63) is 0 Å². The van der Waals surface area contributed by atoms with Crippen LogP contribution in [0.3, 0.4) is 0 Å². The number of hydrogen-bond donors (Lipinski definition) is 2. The van der Waals surface area contributed by atoms with E-state index in [0.29, 0.717) is 0 Å². The number of urea groups is 1. The standard InChI is InChI=1S/C8H14N2O2/c1-4-8(2,3)5-6(11)10-7(12)9-5/h5H,4H2,1-3H3,(H2,9,10,11,12). The zero-order valence-electron chi connectivity index (χ0n) is 7.60. The van der Waals surface area contributed by atoms with E-state index in [4.69, 9.17) is 0 Å². The number of carbonyl (C=O) groups excluding carboxylic acids is 2. The van der Waals surface area contributed by atoms with Gasteiger partial charge in [-0.05, 0) is 11.8 Å². The van der Waals surface area contributed by atoms with E-state index in [1.165, 1.54) is 0 Å². The summed E-state index contributed by atoms with van der Waals surface area (Å²) in [6.07, 6.45) is 0.853. The predicted molar refractivity (Wildman–Crippen MR) is 44.5 cm³/mol. The summed E-state index contributed by atoms with van der Waals surface area (Å²) in [5.41, 5.74) is -0.170. The van der Waals surface area contributed by atoms with Crippen LogP contribution in [0.5, 0.6) is 0 Å². The summed E-state index contributed by atoms with van der Waals surface area (Å²) in [5, 5.41) is 4.81. The smallest absolute Gasteiger partial charge is 0.322 e. The van der Waals surface area contributed by atoms with Gasteiger partial charge in [-0.3, -0.25) is 10.1 Å². The van der Waals surface area contributed by atoms with Crippen molar-refractivity contribution in [2.45, 2.75) is 33.2 Å². The normalized spacial score (nSPS) is 23.8. The van der Waals surface area contributed by atoms with E-state index < -0.39 is 0 Å². The molecule has 1 heterocycles. The molecule has 2 N–H and O–H groups in total. The van der Waals surface area contributed by atoms with E-state index in [1.54, 1.807) is 0 Å². The molecule has 68 valence electrons. The second-order valence-electron chi connectivity index (χ2n) is 3.74. The van der Waals surface area contributed by atoms with Crippen LogP contribution in [0.1, 0.15) is 27.2 Å². The minimum Gasteiger partial charge on any atom is -0.325 e. The summed E-state index contributed by atoms with van der Waals surface area (Å²) in [4.78, 5) is 22.0. The summed E-state index contributed by atoms with van der Waals surface area (Å²) < 4.78 is 0. The molecule has 1 aliphatic heterocycles. The highest BCUT2D eigenvalue weighted by molar-refractivity contribution is 6.04. The number of rotatable bonds is 2. The minimum atomic E-state index is -0.383. The second-order valence-corrected chi connectivity index (χ2v) is 3.74. The molecular formula is C8H14N2O2. The Kier molecular flexibility index (Phi) is 2.08. The molecule has 0 saturated carbocycles. The van der Waals surface area contributed by atoms with E-state index >= 15 is 0 Å². The average Bonchev–Trinajstić information content (AvgIpc) is 2.31. The van der Waals surface area contributed by atoms with Crippen molar-refractivity contribution in [3.63, 3.8) is 0 Å². The van der Waals surface area contributed by atoms with Crippen LogP contribution in [0, 0.1) is 5.41 Å². The molecule has 0 aliphatic carbocycles. The van der Waals surface area contributed by atoms with Crippen LogP contribution in [0.4, 0.5) is 4.79 Å². The average molecular weight is 170 g/mol. The summed E-state index contributed by atoms with van der Waals surface area (Å²) in [6, 6.07) is -0.762. The van der Waals surface area contributed by atoms with Crippen LogP contribution in [-0.4, -0.2) is 18.0 Å². The summed E-state index contributed by atoms with van der Waals surface area (Å²) in [7, 11) is 0. The van der Waals surface area contributed by atoms with Crippen LogP contribution in [0.15, 0.2) is 0 Å². The molecular weight excluding hydrogens is 156 g/mol. The fourth-order valence-corrected chi connectivity index (χ4v) is 1.17. The third-order valence-corrected chi connectivity index (χ3v) is 2.47. The molecule has 3 amide bonds. The summed E-state index contributed by atoms with van der Waals surface area (Å²) in [5.74, 6) is -0.216. The zero-order chi connectivity index (χ0) is 9.35. The lowest BCUT2D eigenvalue weighted by Gasteiger charge is -2.27. The van der Waals surface area contributed by atoms with Gasteiger partial charge in [-0.15, -0.1) is 0 Å². The molecule has 1 unspecified atom stereocenters. The number of amides is 3. The Hall–Kier alpha value is -1.06. The maximum atomic E-state index is 11.2. The van der Waals surface area contributed by atoms with Gasteiger partial charge in [0.2, 0.25) is 0 Å². The highest BCUT2D eigenvalue weighted by Crippen LogP contribution is 2.26. The van der Waals surface area contributed by atoms with E-state index in [0.717, 1.165) is 6.42 Å². The Labute approximate surface area is 71.7 Å². The highest BCUT2D eigenvalue weighted by Gasteiger charge is 2.40. The predicted octanol–water partition coefficient (Wildman–Crippen LogP) is 0.631. The minimum absolute atomic E-state index is 0.170. The van der Waals surface area contributed by atoms with Crippen molar-refractivity contribution in [1.29, 1.82) is 0 Å². The molecule has 12 heavy (non-hydrogen) atoms. The maximum absolute atomic E-state index is 11.2. The van der Waals surface area contributed by atoms with Crippen molar-refractivity contribution in [2.75, 3.05) is 0 Å². The topological polar surface area (TPSA) is 58.2 Å². The quantitative estimate of drug-likeness (QED) is 0.597. The molecule has 0 aromatic heterocycles. The van der Waals surface area contributed by atoms with Crippen molar-refractivity contribution >= 4 is 11.9 Å². The first-order valence-corrected chi connectivity index (χ1v) is 4.08. The molecule has 0 spiro atoms. The van der Waals surface area contributed by atoms with Crippen molar-refractivity contribution in [1.82, 2.24) is 10.6 Å². The molecule has 1 fully saturated rings. The molecule has 4 nitrogen and oxygen atoms in total. The van der Waals surface area contributed by atoms with Gasteiger partial charge in [-0.2, -0.15) is 0 Å². The SMILES string of the molecule is CCC(C)(C)C1NC(=O)NC1=O. The van der Waals surface area contributed by atoms with Crippen LogP contribution in [-0.2, 0) is 4.79 Å². The number of carbonyl (C=O) groups is 2. The Morgan fingerprint density at radius 3 is 2.33 bits per heavy atom. The van der Waals surface area contributed by atoms with Gasteiger partial charge in [-0.25, -0.2) is 4.79 Å². The Morgan fingerprint density at radius 2 is 2.00 bits per heavy atom. The van der Waals surface area contributed by atoms with E-state index in [1.807, 2.05) is 20.8 Å². The van der Waals surface area contributed by atoms with E-state index in [-0.39, 0.29) is 23.4 Å². The summed E-state index contributed by atoms with van der Waals surface area (Å²) in [6.45, 7) is 5.92. The molecule has 1 saturated heterocycles. The van der Waals surface area contributed by atoms with Crippen LogP contribution in [0.25, 0.3) is 0 Å². The third kappa shape index (κ3) is 1.42. The zero-order valence-corrected chi connectivity index (χ0v) is 7.60. The van der Waals surface area contributed by atoms with Gasteiger partial charge in [0.05, 0.1) is 0 Å². The van der Waals surface area contributed by atoms with Crippen molar-refractivity contribution in [3.8, 4) is 0 Å². The van der Waals surface area contributed by atoms with Gasteiger partial charge in [0.25, 0.3) is 5.91 Å². The monoisotopic (exact) mass is 170 g/mol.